The van der Waals surface area contributed by atoms with Gasteiger partial charge in [0.25, 0.3) is 5.91 Å². The number of nitrogens with one attached hydrogen (secondary N) is 2. The monoisotopic (exact) mass is 269 g/mol. The second kappa shape index (κ2) is 6.01. The summed E-state index contributed by atoms with van der Waals surface area (Å²) in [7, 11) is 0. The number of carbonyl (C=O) groups excluding carboxylic acids is 1. The minimum atomic E-state index is -0.0176. The molecule has 1 aromatic heterocycles. The smallest absolute Gasteiger partial charge is 0.252 e. The normalized spacial score (nSPS) is 18.9. The van der Waals surface area contributed by atoms with Crippen LogP contribution in [0.2, 0.25) is 0 Å². The maximum absolute atomic E-state index is 12.3. The molecule has 1 aromatic carbocycles. The van der Waals surface area contributed by atoms with Crippen LogP contribution in [0.4, 0.5) is 0 Å². The zero-order valence-electron chi connectivity index (χ0n) is 11.4. The minimum Gasteiger partial charge on any atom is -0.350 e. The maximum atomic E-state index is 12.3. The van der Waals surface area contributed by atoms with Crippen molar-refractivity contribution in [2.24, 2.45) is 0 Å². The van der Waals surface area contributed by atoms with Crippen molar-refractivity contribution in [2.45, 2.75) is 25.3 Å². The Labute approximate surface area is 118 Å². The average Bonchev–Trinajstić information content (AvgIpc) is 2.53. The second-order valence-electron chi connectivity index (χ2n) is 5.23. The van der Waals surface area contributed by atoms with E-state index in [1.165, 1.54) is 12.8 Å². The van der Waals surface area contributed by atoms with E-state index in [0.717, 1.165) is 23.9 Å². The minimum absolute atomic E-state index is 0.0176. The largest absolute Gasteiger partial charge is 0.350 e. The van der Waals surface area contributed by atoms with Crippen molar-refractivity contribution >= 4 is 16.8 Å². The van der Waals surface area contributed by atoms with E-state index in [2.05, 4.69) is 15.6 Å². The van der Waals surface area contributed by atoms with Gasteiger partial charge in [-0.3, -0.25) is 9.78 Å². The molecule has 0 radical (unpaired) electrons. The molecule has 1 amide bonds. The van der Waals surface area contributed by atoms with E-state index >= 15 is 0 Å². The van der Waals surface area contributed by atoms with Gasteiger partial charge >= 0.3 is 0 Å². The standard InChI is InChI=1S/C16H19N3O/c20-16(19-11-12-5-1-2-9-17-12)14-6-3-8-15-13(14)7-4-10-18-15/h3-4,6-8,10,12,17H,1-2,5,9,11H2,(H,19,20). The van der Waals surface area contributed by atoms with E-state index in [1.807, 2.05) is 30.3 Å². The highest BCUT2D eigenvalue weighted by molar-refractivity contribution is 6.06. The van der Waals surface area contributed by atoms with Crippen LogP contribution in [0.25, 0.3) is 10.9 Å². The van der Waals surface area contributed by atoms with Crippen LogP contribution in [0.5, 0.6) is 0 Å². The third-order valence-electron chi connectivity index (χ3n) is 3.81. The number of pyridine rings is 1. The van der Waals surface area contributed by atoms with Crippen LogP contribution in [0.15, 0.2) is 36.5 Å². The van der Waals surface area contributed by atoms with Crippen LogP contribution < -0.4 is 10.6 Å². The van der Waals surface area contributed by atoms with Gasteiger partial charge in [0, 0.05) is 29.7 Å². The Morgan fingerprint density at radius 3 is 3.10 bits per heavy atom. The first-order valence-electron chi connectivity index (χ1n) is 7.20. The van der Waals surface area contributed by atoms with E-state index in [1.54, 1.807) is 6.20 Å². The van der Waals surface area contributed by atoms with Crippen molar-refractivity contribution in [3.05, 3.63) is 42.1 Å². The molecular formula is C16H19N3O. The predicted molar refractivity (Wildman–Crippen MR) is 79.7 cm³/mol. The summed E-state index contributed by atoms with van der Waals surface area (Å²) >= 11 is 0. The van der Waals surface area contributed by atoms with Gasteiger partial charge in [-0.05, 0) is 37.6 Å². The van der Waals surface area contributed by atoms with E-state index in [0.29, 0.717) is 18.2 Å². The zero-order chi connectivity index (χ0) is 13.8. The summed E-state index contributed by atoms with van der Waals surface area (Å²) in [6, 6.07) is 9.87. The lowest BCUT2D eigenvalue weighted by molar-refractivity contribution is 0.0949. The number of fused-ring (bicyclic) bond motifs is 1. The molecule has 4 heteroatoms. The number of nitrogens with zero attached hydrogens (tertiary/aromatic N) is 1. The fourth-order valence-electron chi connectivity index (χ4n) is 2.71. The highest BCUT2D eigenvalue weighted by atomic mass is 16.1. The van der Waals surface area contributed by atoms with Gasteiger partial charge in [0.15, 0.2) is 0 Å². The Kier molecular flexibility index (Phi) is 3.92. The molecule has 3 rings (SSSR count). The molecule has 1 saturated heterocycles. The lowest BCUT2D eigenvalue weighted by Crippen LogP contribution is -2.43. The third-order valence-corrected chi connectivity index (χ3v) is 3.81. The molecule has 0 bridgehead atoms. The van der Waals surface area contributed by atoms with Gasteiger partial charge in [-0.2, -0.15) is 0 Å². The number of hydrogen-bond donors (Lipinski definition) is 2. The van der Waals surface area contributed by atoms with Crippen LogP contribution in [0.1, 0.15) is 29.6 Å². The summed E-state index contributed by atoms with van der Waals surface area (Å²) in [4.78, 5) is 16.6. The Balaban J connectivity index is 1.72. The Morgan fingerprint density at radius 2 is 2.25 bits per heavy atom. The van der Waals surface area contributed by atoms with Crippen LogP contribution in [0.3, 0.4) is 0 Å². The van der Waals surface area contributed by atoms with E-state index in [-0.39, 0.29) is 5.91 Å². The lowest BCUT2D eigenvalue weighted by Gasteiger charge is -2.23. The summed E-state index contributed by atoms with van der Waals surface area (Å²) in [5, 5.41) is 7.37. The van der Waals surface area contributed by atoms with E-state index < -0.39 is 0 Å². The number of piperidine rings is 1. The van der Waals surface area contributed by atoms with Gasteiger partial charge < -0.3 is 10.6 Å². The summed E-state index contributed by atoms with van der Waals surface area (Å²) in [6.45, 7) is 1.74. The van der Waals surface area contributed by atoms with Gasteiger partial charge in [-0.25, -0.2) is 0 Å². The molecule has 1 aliphatic heterocycles. The van der Waals surface area contributed by atoms with Crippen molar-refractivity contribution in [1.82, 2.24) is 15.6 Å². The number of aromatic nitrogens is 1. The Hall–Kier alpha value is -1.94. The number of benzene rings is 1. The summed E-state index contributed by atoms with van der Waals surface area (Å²) in [5.41, 5.74) is 1.56. The summed E-state index contributed by atoms with van der Waals surface area (Å²) in [6.07, 6.45) is 5.36. The van der Waals surface area contributed by atoms with Crippen molar-refractivity contribution in [3.8, 4) is 0 Å². The number of amides is 1. The molecule has 2 aromatic rings. The molecule has 2 N–H and O–H groups in total. The Morgan fingerprint density at radius 1 is 1.30 bits per heavy atom. The second-order valence-corrected chi connectivity index (χ2v) is 5.23. The van der Waals surface area contributed by atoms with Crippen LogP contribution in [-0.2, 0) is 0 Å². The molecular weight excluding hydrogens is 250 g/mol. The van der Waals surface area contributed by atoms with Gasteiger partial charge in [0.2, 0.25) is 0 Å². The van der Waals surface area contributed by atoms with Gasteiger partial charge in [0.1, 0.15) is 0 Å². The molecule has 20 heavy (non-hydrogen) atoms. The molecule has 0 saturated carbocycles. The van der Waals surface area contributed by atoms with Gasteiger partial charge in [0.05, 0.1) is 5.52 Å². The third kappa shape index (κ3) is 2.80. The molecule has 1 fully saturated rings. The van der Waals surface area contributed by atoms with Gasteiger partial charge in [-0.15, -0.1) is 0 Å². The first kappa shape index (κ1) is 13.1. The Bertz CT molecular complexity index is 600. The van der Waals surface area contributed by atoms with E-state index in [9.17, 15) is 4.79 Å². The molecule has 2 heterocycles. The first-order valence-corrected chi connectivity index (χ1v) is 7.20. The van der Waals surface area contributed by atoms with E-state index in [4.69, 9.17) is 0 Å². The van der Waals surface area contributed by atoms with Crippen LogP contribution >= 0.6 is 0 Å². The van der Waals surface area contributed by atoms with Crippen molar-refractivity contribution in [2.75, 3.05) is 13.1 Å². The van der Waals surface area contributed by atoms with Crippen LogP contribution in [-0.4, -0.2) is 30.0 Å². The highest BCUT2D eigenvalue weighted by Gasteiger charge is 2.15. The van der Waals surface area contributed by atoms with Crippen molar-refractivity contribution in [3.63, 3.8) is 0 Å². The predicted octanol–water partition coefficient (Wildman–Crippen LogP) is 2.11. The molecule has 4 nitrogen and oxygen atoms in total. The summed E-state index contributed by atoms with van der Waals surface area (Å²) in [5.74, 6) is -0.0176. The molecule has 1 atom stereocenters. The SMILES string of the molecule is O=C(NCC1CCCCN1)c1cccc2ncccc12. The molecule has 1 unspecified atom stereocenters. The van der Waals surface area contributed by atoms with Crippen LogP contribution in [0, 0.1) is 0 Å². The quantitative estimate of drug-likeness (QED) is 0.897. The number of hydrogen-bond acceptors (Lipinski definition) is 3. The molecule has 104 valence electrons. The topological polar surface area (TPSA) is 54.0 Å². The fourth-order valence-corrected chi connectivity index (χ4v) is 2.71. The lowest BCUT2D eigenvalue weighted by atomic mass is 10.0. The summed E-state index contributed by atoms with van der Waals surface area (Å²) < 4.78 is 0. The number of rotatable bonds is 3. The molecule has 0 spiro atoms. The molecule has 0 aliphatic carbocycles. The maximum Gasteiger partial charge on any atom is 0.252 e. The first-order chi connectivity index (χ1) is 9.84. The molecule has 1 aliphatic rings. The zero-order valence-corrected chi connectivity index (χ0v) is 11.4. The number of carbonyl (C=O) groups is 1. The van der Waals surface area contributed by atoms with Gasteiger partial charge in [-0.1, -0.05) is 18.6 Å². The fraction of sp³-hybridized carbons (Fsp3) is 0.375. The highest BCUT2D eigenvalue weighted by Crippen LogP contribution is 2.16. The average molecular weight is 269 g/mol. The van der Waals surface area contributed by atoms with Crippen molar-refractivity contribution < 1.29 is 4.79 Å². The van der Waals surface area contributed by atoms with Crippen molar-refractivity contribution in [1.29, 1.82) is 0 Å².